The molecular formula is C16H18O2. The molecule has 2 aromatic rings. The van der Waals surface area contributed by atoms with Gasteiger partial charge in [-0.1, -0.05) is 38.1 Å². The lowest BCUT2D eigenvalue weighted by atomic mass is 10.0. The fraction of sp³-hybridized carbons (Fsp3) is 0.312. The highest BCUT2D eigenvalue weighted by molar-refractivity contribution is 6.08. The number of ether oxygens (including phenoxy) is 1. The lowest BCUT2D eigenvalue weighted by molar-refractivity contribution is 0.101. The fourth-order valence-corrected chi connectivity index (χ4v) is 1.96. The minimum absolute atomic E-state index is 0.0848. The summed E-state index contributed by atoms with van der Waals surface area (Å²) in [5.41, 5.74) is 0.752. The smallest absolute Gasteiger partial charge is 0.160 e. The van der Waals surface area contributed by atoms with Crippen LogP contribution in [0.4, 0.5) is 0 Å². The van der Waals surface area contributed by atoms with Crippen LogP contribution in [0.2, 0.25) is 0 Å². The van der Waals surface area contributed by atoms with Gasteiger partial charge < -0.3 is 4.74 Å². The van der Waals surface area contributed by atoms with Crippen molar-refractivity contribution in [3.63, 3.8) is 0 Å². The van der Waals surface area contributed by atoms with Gasteiger partial charge in [0.1, 0.15) is 5.75 Å². The first-order valence-electron chi connectivity index (χ1n) is 6.25. The maximum absolute atomic E-state index is 11.6. The van der Waals surface area contributed by atoms with Crippen LogP contribution >= 0.6 is 0 Å². The highest BCUT2D eigenvalue weighted by atomic mass is 16.5. The van der Waals surface area contributed by atoms with Crippen molar-refractivity contribution >= 4 is 16.6 Å². The highest BCUT2D eigenvalue weighted by Gasteiger charge is 2.09. The van der Waals surface area contributed by atoms with E-state index in [2.05, 4.69) is 13.8 Å². The lowest BCUT2D eigenvalue weighted by Gasteiger charge is -2.12. The third-order valence-corrected chi connectivity index (χ3v) is 2.84. The first-order valence-corrected chi connectivity index (χ1v) is 6.25. The van der Waals surface area contributed by atoms with Crippen LogP contribution in [0.25, 0.3) is 10.8 Å². The summed E-state index contributed by atoms with van der Waals surface area (Å²) in [7, 11) is 0. The Bertz CT molecular complexity index is 570. The van der Waals surface area contributed by atoms with E-state index in [4.69, 9.17) is 4.74 Å². The fourth-order valence-electron chi connectivity index (χ4n) is 1.96. The van der Waals surface area contributed by atoms with Crippen molar-refractivity contribution in [1.82, 2.24) is 0 Å². The summed E-state index contributed by atoms with van der Waals surface area (Å²) in [6, 6.07) is 11.6. The van der Waals surface area contributed by atoms with Gasteiger partial charge >= 0.3 is 0 Å². The van der Waals surface area contributed by atoms with E-state index in [9.17, 15) is 4.79 Å². The number of hydrogen-bond acceptors (Lipinski definition) is 2. The summed E-state index contributed by atoms with van der Waals surface area (Å²) < 4.78 is 5.80. The van der Waals surface area contributed by atoms with Crippen molar-refractivity contribution < 1.29 is 9.53 Å². The molecule has 0 aromatic heterocycles. The summed E-state index contributed by atoms with van der Waals surface area (Å²) in [4.78, 5) is 11.6. The Hall–Kier alpha value is -1.83. The van der Waals surface area contributed by atoms with Crippen LogP contribution in [-0.2, 0) is 0 Å². The Balaban J connectivity index is 2.50. The third-order valence-electron chi connectivity index (χ3n) is 2.84. The first-order chi connectivity index (χ1) is 8.59. The van der Waals surface area contributed by atoms with Crippen LogP contribution in [0.3, 0.4) is 0 Å². The molecule has 0 fully saturated rings. The number of fused-ring (bicyclic) bond motifs is 1. The molecule has 0 heterocycles. The molecule has 0 saturated carbocycles. The normalized spacial score (nSPS) is 10.9. The van der Waals surface area contributed by atoms with E-state index < -0.39 is 0 Å². The topological polar surface area (TPSA) is 26.3 Å². The summed E-state index contributed by atoms with van der Waals surface area (Å²) in [6.45, 7) is 6.51. The van der Waals surface area contributed by atoms with Gasteiger partial charge in [0.15, 0.2) is 5.78 Å². The molecule has 18 heavy (non-hydrogen) atoms. The third kappa shape index (κ3) is 2.53. The van der Waals surface area contributed by atoms with Gasteiger partial charge in [0.2, 0.25) is 0 Å². The molecular weight excluding hydrogens is 224 g/mol. The molecule has 0 unspecified atom stereocenters. The second-order valence-corrected chi connectivity index (χ2v) is 4.92. The van der Waals surface area contributed by atoms with Gasteiger partial charge in [-0.3, -0.25) is 4.79 Å². The van der Waals surface area contributed by atoms with Gasteiger partial charge in [-0.05, 0) is 30.4 Å². The Morgan fingerprint density at radius 1 is 1.11 bits per heavy atom. The molecule has 0 amide bonds. The molecule has 0 bridgehead atoms. The van der Waals surface area contributed by atoms with Crippen LogP contribution in [-0.4, -0.2) is 12.4 Å². The number of ketones is 1. The van der Waals surface area contributed by atoms with Crippen molar-refractivity contribution in [3.8, 4) is 5.75 Å². The molecule has 0 spiro atoms. The molecule has 0 atom stereocenters. The SMILES string of the molecule is CC(=O)c1ccc(OCC(C)C)c2ccccc12. The van der Waals surface area contributed by atoms with E-state index in [1.54, 1.807) is 6.92 Å². The van der Waals surface area contributed by atoms with Crippen LogP contribution < -0.4 is 4.74 Å². The van der Waals surface area contributed by atoms with E-state index in [0.29, 0.717) is 12.5 Å². The van der Waals surface area contributed by atoms with Crippen molar-refractivity contribution in [3.05, 3.63) is 42.0 Å². The van der Waals surface area contributed by atoms with Gasteiger partial charge in [-0.25, -0.2) is 0 Å². The van der Waals surface area contributed by atoms with Gasteiger partial charge in [-0.15, -0.1) is 0 Å². The summed E-state index contributed by atoms with van der Waals surface area (Å²) in [5, 5.41) is 1.97. The second-order valence-electron chi connectivity index (χ2n) is 4.92. The monoisotopic (exact) mass is 242 g/mol. The van der Waals surface area contributed by atoms with E-state index in [1.807, 2.05) is 36.4 Å². The minimum atomic E-state index is 0.0848. The van der Waals surface area contributed by atoms with E-state index >= 15 is 0 Å². The second kappa shape index (κ2) is 5.21. The van der Waals surface area contributed by atoms with Gasteiger partial charge in [0, 0.05) is 10.9 Å². The van der Waals surface area contributed by atoms with E-state index in [1.165, 1.54) is 0 Å². The molecule has 0 radical (unpaired) electrons. The predicted molar refractivity (Wildman–Crippen MR) is 74.3 cm³/mol. The number of carbonyl (C=O) groups is 1. The molecule has 0 N–H and O–H groups in total. The molecule has 2 rings (SSSR count). The lowest BCUT2D eigenvalue weighted by Crippen LogP contribution is -2.05. The van der Waals surface area contributed by atoms with Crippen molar-refractivity contribution in [1.29, 1.82) is 0 Å². The highest BCUT2D eigenvalue weighted by Crippen LogP contribution is 2.29. The van der Waals surface area contributed by atoms with Gasteiger partial charge in [0.05, 0.1) is 6.61 Å². The maximum Gasteiger partial charge on any atom is 0.160 e. The van der Waals surface area contributed by atoms with E-state index in [-0.39, 0.29) is 5.78 Å². The minimum Gasteiger partial charge on any atom is -0.493 e. The average molecular weight is 242 g/mol. The molecule has 2 nitrogen and oxygen atoms in total. The Morgan fingerprint density at radius 2 is 1.78 bits per heavy atom. The van der Waals surface area contributed by atoms with Crippen LogP contribution in [0.15, 0.2) is 36.4 Å². The first kappa shape index (κ1) is 12.6. The molecule has 0 aliphatic carbocycles. The zero-order valence-electron chi connectivity index (χ0n) is 11.1. The van der Waals surface area contributed by atoms with Crippen molar-refractivity contribution in [2.75, 3.05) is 6.61 Å². The molecule has 0 saturated heterocycles. The number of benzene rings is 2. The Labute approximate surface area is 108 Å². The summed E-state index contributed by atoms with van der Waals surface area (Å²) in [5.74, 6) is 1.42. The predicted octanol–water partition coefficient (Wildman–Crippen LogP) is 4.08. The molecule has 94 valence electrons. The molecule has 2 aromatic carbocycles. The molecule has 0 aliphatic heterocycles. The molecule has 0 aliphatic rings. The largest absolute Gasteiger partial charge is 0.493 e. The Kier molecular flexibility index (Phi) is 3.66. The Morgan fingerprint density at radius 3 is 2.39 bits per heavy atom. The number of carbonyl (C=O) groups excluding carboxylic acids is 1. The summed E-state index contributed by atoms with van der Waals surface area (Å²) >= 11 is 0. The quantitative estimate of drug-likeness (QED) is 0.755. The summed E-state index contributed by atoms with van der Waals surface area (Å²) in [6.07, 6.45) is 0. The van der Waals surface area contributed by atoms with Gasteiger partial charge in [-0.2, -0.15) is 0 Å². The molecule has 2 heteroatoms. The zero-order valence-corrected chi connectivity index (χ0v) is 11.1. The van der Waals surface area contributed by atoms with Crippen LogP contribution in [0.5, 0.6) is 5.75 Å². The maximum atomic E-state index is 11.6. The van der Waals surface area contributed by atoms with E-state index in [0.717, 1.165) is 22.1 Å². The van der Waals surface area contributed by atoms with Crippen molar-refractivity contribution in [2.24, 2.45) is 5.92 Å². The average Bonchev–Trinajstić information content (AvgIpc) is 2.35. The standard InChI is InChI=1S/C16H18O2/c1-11(2)10-18-16-9-8-13(12(3)17)14-6-4-5-7-15(14)16/h4-9,11H,10H2,1-3H3. The van der Waals surface area contributed by atoms with Gasteiger partial charge in [0.25, 0.3) is 0 Å². The number of hydrogen-bond donors (Lipinski definition) is 0. The number of Topliss-reactive ketones (excluding diaryl/α,β-unsaturated/α-hetero) is 1. The zero-order chi connectivity index (χ0) is 13.1. The van der Waals surface area contributed by atoms with Crippen LogP contribution in [0.1, 0.15) is 31.1 Å². The van der Waals surface area contributed by atoms with Crippen molar-refractivity contribution in [2.45, 2.75) is 20.8 Å². The number of rotatable bonds is 4. The van der Waals surface area contributed by atoms with Crippen LogP contribution in [0, 0.1) is 5.92 Å².